The van der Waals surface area contributed by atoms with Crippen LogP contribution in [0.5, 0.6) is 5.75 Å². The number of methoxy groups -OCH3 is 1. The Morgan fingerprint density at radius 3 is 2.75 bits per heavy atom. The zero-order valence-corrected chi connectivity index (χ0v) is 17.8. The molecule has 32 heavy (non-hydrogen) atoms. The third kappa shape index (κ3) is 4.70. The number of carbonyl (C=O) groups excluding carboxylic acids is 1. The largest absolute Gasteiger partial charge is 0.496 e. The number of hydrogen-bond donors (Lipinski definition) is 2. The number of fused-ring (bicyclic) bond motifs is 1. The summed E-state index contributed by atoms with van der Waals surface area (Å²) in [5, 5.41) is 2.85. The Balaban J connectivity index is 1.56. The molecule has 0 saturated carbocycles. The highest BCUT2D eigenvalue weighted by molar-refractivity contribution is 6.03. The molecule has 0 unspecified atom stereocenters. The molecule has 0 spiro atoms. The van der Waals surface area contributed by atoms with Crippen LogP contribution >= 0.6 is 0 Å². The fourth-order valence-electron chi connectivity index (χ4n) is 3.84. The van der Waals surface area contributed by atoms with E-state index >= 15 is 0 Å². The minimum Gasteiger partial charge on any atom is -0.496 e. The average molecular weight is 429 g/mol. The second-order valence-corrected chi connectivity index (χ2v) is 7.51. The van der Waals surface area contributed by atoms with Crippen molar-refractivity contribution in [3.8, 4) is 5.75 Å². The predicted octanol–water partition coefficient (Wildman–Crippen LogP) is 4.46. The van der Waals surface area contributed by atoms with Crippen molar-refractivity contribution in [3.05, 3.63) is 106 Å². The van der Waals surface area contributed by atoms with Crippen molar-refractivity contribution in [2.45, 2.75) is 19.4 Å². The molecule has 3 aromatic rings. The Labute approximate surface area is 186 Å². The average Bonchev–Trinajstić information content (AvgIpc) is 2.82. The van der Waals surface area contributed by atoms with Crippen LogP contribution in [0.3, 0.4) is 0 Å². The van der Waals surface area contributed by atoms with Crippen LogP contribution in [0.4, 0.5) is 4.39 Å². The molecule has 1 aliphatic carbocycles. The molecule has 1 aliphatic rings. The number of hydrogen-bond acceptors (Lipinski definition) is 2. The van der Waals surface area contributed by atoms with E-state index in [9.17, 15) is 9.18 Å². The molecule has 0 heterocycles. The van der Waals surface area contributed by atoms with E-state index in [2.05, 4.69) is 16.4 Å². The zero-order valence-electron chi connectivity index (χ0n) is 17.8. The highest BCUT2D eigenvalue weighted by Gasteiger charge is 2.19. The number of rotatable bonds is 5. The fourth-order valence-corrected chi connectivity index (χ4v) is 3.84. The van der Waals surface area contributed by atoms with Crippen molar-refractivity contribution < 1.29 is 13.9 Å². The van der Waals surface area contributed by atoms with Crippen LogP contribution in [0.25, 0.3) is 5.57 Å². The lowest BCUT2D eigenvalue weighted by Gasteiger charge is -2.20. The number of nitrogens with two attached hydrogens (primary N) is 1. The summed E-state index contributed by atoms with van der Waals surface area (Å²) in [6.45, 7) is 0.269. The maximum Gasteiger partial charge on any atom is 0.280 e. The van der Waals surface area contributed by atoms with Gasteiger partial charge in [0.2, 0.25) is 0 Å². The minimum absolute atomic E-state index is 0.0162. The first kappa shape index (κ1) is 21.3. The van der Waals surface area contributed by atoms with Crippen LogP contribution in [-0.4, -0.2) is 19.0 Å². The number of carbonyl (C=O) groups is 1. The van der Waals surface area contributed by atoms with Gasteiger partial charge in [0.1, 0.15) is 11.6 Å². The number of nitrogens with zero attached hydrogens (tertiary/aromatic N) is 1. The normalized spacial score (nSPS) is 13.2. The molecule has 0 atom stereocenters. The van der Waals surface area contributed by atoms with E-state index in [1.807, 2.05) is 36.4 Å². The first-order valence-electron chi connectivity index (χ1n) is 10.4. The summed E-state index contributed by atoms with van der Waals surface area (Å²) >= 11 is 0. The second-order valence-electron chi connectivity index (χ2n) is 7.51. The summed E-state index contributed by atoms with van der Waals surface area (Å²) in [6.07, 6.45) is 4.00. The van der Waals surface area contributed by atoms with E-state index in [-0.39, 0.29) is 18.3 Å². The molecule has 6 heteroatoms. The van der Waals surface area contributed by atoms with E-state index in [1.54, 1.807) is 25.3 Å². The van der Waals surface area contributed by atoms with Crippen molar-refractivity contribution in [1.82, 2.24) is 5.32 Å². The van der Waals surface area contributed by atoms with E-state index in [0.29, 0.717) is 11.1 Å². The van der Waals surface area contributed by atoms with Gasteiger partial charge in [-0.3, -0.25) is 4.79 Å². The predicted molar refractivity (Wildman–Crippen MR) is 124 cm³/mol. The van der Waals surface area contributed by atoms with Gasteiger partial charge in [-0.2, -0.15) is 4.99 Å². The van der Waals surface area contributed by atoms with Crippen molar-refractivity contribution in [2.24, 2.45) is 10.7 Å². The standard InChI is InChI=1S/C26H24FN3O2/c1-32-24-11-3-2-9-22(24)21-10-5-7-18-12-13-19(15-23(18)21)25(31)30-26(28)29-16-17-6-4-8-20(27)14-17/h2-4,6,8-15H,5,7,16H2,1H3,(H3,28,29,30,31). The van der Waals surface area contributed by atoms with Gasteiger partial charge in [-0.05, 0) is 65.4 Å². The quantitative estimate of drug-likeness (QED) is 0.464. The molecule has 0 aliphatic heterocycles. The number of amides is 1. The monoisotopic (exact) mass is 429 g/mol. The Bertz CT molecular complexity index is 1220. The fraction of sp³-hybridized carbons (Fsp3) is 0.154. The van der Waals surface area contributed by atoms with E-state index in [0.717, 1.165) is 35.3 Å². The second kappa shape index (κ2) is 9.47. The number of aryl methyl sites for hydroxylation is 1. The van der Waals surface area contributed by atoms with Crippen LogP contribution < -0.4 is 15.8 Å². The number of aliphatic imine (C=N–C) groups is 1. The zero-order chi connectivity index (χ0) is 22.5. The summed E-state index contributed by atoms with van der Waals surface area (Å²) in [5.74, 6) is -0.00420. The van der Waals surface area contributed by atoms with Gasteiger partial charge in [0.25, 0.3) is 5.91 Å². The lowest BCUT2D eigenvalue weighted by molar-refractivity contribution is 0.100. The van der Waals surface area contributed by atoms with E-state index in [1.165, 1.54) is 17.7 Å². The number of guanidine groups is 1. The first-order valence-corrected chi connectivity index (χ1v) is 10.4. The van der Waals surface area contributed by atoms with Crippen LogP contribution in [0, 0.1) is 5.82 Å². The van der Waals surface area contributed by atoms with Gasteiger partial charge in [0.15, 0.2) is 5.96 Å². The molecule has 5 nitrogen and oxygen atoms in total. The topological polar surface area (TPSA) is 76.7 Å². The smallest absolute Gasteiger partial charge is 0.280 e. The van der Waals surface area contributed by atoms with Crippen molar-refractivity contribution in [3.63, 3.8) is 0 Å². The Morgan fingerprint density at radius 2 is 1.94 bits per heavy atom. The molecule has 3 aromatic carbocycles. The van der Waals surface area contributed by atoms with Gasteiger partial charge in [0.05, 0.1) is 7.11 Å². The molecule has 0 aromatic heterocycles. The van der Waals surface area contributed by atoms with Crippen LogP contribution in [0.1, 0.15) is 39.0 Å². The molecule has 0 saturated heterocycles. The molecular formula is C26H24FN3O2. The number of benzene rings is 3. The van der Waals surface area contributed by atoms with Gasteiger partial charge in [-0.1, -0.05) is 42.5 Å². The SMILES string of the molecule is COc1ccccc1C1=CCCc2ccc(C(=O)/N=C(\N)NCc3cccc(F)c3)cc21. The molecular weight excluding hydrogens is 405 g/mol. The van der Waals surface area contributed by atoms with Crippen molar-refractivity contribution in [2.75, 3.05) is 7.11 Å². The highest BCUT2D eigenvalue weighted by Crippen LogP contribution is 2.36. The van der Waals surface area contributed by atoms with Gasteiger partial charge in [-0.15, -0.1) is 0 Å². The molecule has 4 rings (SSSR count). The Kier molecular flexibility index (Phi) is 6.31. The highest BCUT2D eigenvalue weighted by atomic mass is 19.1. The summed E-state index contributed by atoms with van der Waals surface area (Å²) in [5.41, 5.74) is 11.2. The Hall–Kier alpha value is -3.93. The molecule has 0 radical (unpaired) electrons. The van der Waals surface area contributed by atoms with Crippen LogP contribution in [0.15, 0.2) is 77.8 Å². The van der Waals surface area contributed by atoms with Gasteiger partial charge < -0.3 is 15.8 Å². The molecule has 3 N–H and O–H groups in total. The minimum atomic E-state index is -0.443. The maximum atomic E-state index is 13.3. The van der Waals surface area contributed by atoms with Crippen LogP contribution in [-0.2, 0) is 13.0 Å². The molecule has 0 fully saturated rings. The first-order chi connectivity index (χ1) is 15.5. The summed E-state index contributed by atoms with van der Waals surface area (Å²) in [4.78, 5) is 16.7. The number of nitrogens with one attached hydrogen (secondary N) is 1. The van der Waals surface area contributed by atoms with E-state index in [4.69, 9.17) is 10.5 Å². The number of ether oxygens (including phenoxy) is 1. The number of para-hydroxylation sites is 1. The third-order valence-corrected chi connectivity index (χ3v) is 5.39. The third-order valence-electron chi connectivity index (χ3n) is 5.39. The number of halogens is 1. The van der Waals surface area contributed by atoms with Gasteiger partial charge in [0, 0.05) is 17.7 Å². The summed E-state index contributed by atoms with van der Waals surface area (Å²) < 4.78 is 18.8. The van der Waals surface area contributed by atoms with Crippen molar-refractivity contribution >= 4 is 17.4 Å². The van der Waals surface area contributed by atoms with Gasteiger partial charge in [-0.25, -0.2) is 4.39 Å². The molecule has 162 valence electrons. The lowest BCUT2D eigenvalue weighted by atomic mass is 9.85. The lowest BCUT2D eigenvalue weighted by Crippen LogP contribution is -2.32. The number of allylic oxidation sites excluding steroid dienone is 1. The summed E-state index contributed by atoms with van der Waals surface area (Å²) in [7, 11) is 1.65. The van der Waals surface area contributed by atoms with Crippen molar-refractivity contribution in [1.29, 1.82) is 0 Å². The van der Waals surface area contributed by atoms with Crippen LogP contribution in [0.2, 0.25) is 0 Å². The molecule has 0 bridgehead atoms. The Morgan fingerprint density at radius 1 is 1.09 bits per heavy atom. The summed E-state index contributed by atoms with van der Waals surface area (Å²) in [6, 6.07) is 19.6. The molecule has 1 amide bonds. The van der Waals surface area contributed by atoms with Gasteiger partial charge >= 0.3 is 0 Å². The van der Waals surface area contributed by atoms with E-state index < -0.39 is 5.91 Å². The maximum absolute atomic E-state index is 13.3.